The van der Waals surface area contributed by atoms with Crippen LogP contribution in [-0.2, 0) is 11.2 Å². The van der Waals surface area contributed by atoms with Gasteiger partial charge in [0.25, 0.3) is 0 Å². The molecule has 0 spiro atoms. The van der Waals surface area contributed by atoms with Gasteiger partial charge in [-0.25, -0.2) is 0 Å². The molecule has 146 valence electrons. The smallest absolute Gasteiger partial charge is 0.168 e. The molecule has 1 N–H and O–H groups in total. The Morgan fingerprint density at radius 3 is 2.56 bits per heavy atom. The molecule has 2 rings (SSSR count). The molecule has 0 saturated heterocycles. The third-order valence-corrected chi connectivity index (χ3v) is 5.51. The van der Waals surface area contributed by atoms with Gasteiger partial charge in [-0.05, 0) is 45.3 Å². The molecule has 0 heterocycles. The van der Waals surface area contributed by atoms with E-state index in [4.69, 9.17) is 11.6 Å². The lowest BCUT2D eigenvalue weighted by Crippen LogP contribution is -2.39. The van der Waals surface area contributed by atoms with Crippen LogP contribution in [0.1, 0.15) is 51.7 Å². The van der Waals surface area contributed by atoms with Crippen molar-refractivity contribution in [3.63, 3.8) is 0 Å². The lowest BCUT2D eigenvalue weighted by atomic mass is 9.87. The summed E-state index contributed by atoms with van der Waals surface area (Å²) in [6.07, 6.45) is 7.69. The Morgan fingerprint density at radius 2 is 1.96 bits per heavy atom. The molecule has 4 heteroatoms. The molecule has 0 amide bonds. The second kappa shape index (κ2) is 8.99. The zero-order valence-corrected chi connectivity index (χ0v) is 17.9. The quantitative estimate of drug-likeness (QED) is 0.457. The summed E-state index contributed by atoms with van der Waals surface area (Å²) >= 11 is 6.45. The first-order valence-electron chi connectivity index (χ1n) is 9.65. The molecule has 0 saturated carbocycles. The Kier molecular flexibility index (Phi) is 7.19. The van der Waals surface area contributed by atoms with Crippen molar-refractivity contribution < 1.29 is 4.79 Å². The highest BCUT2D eigenvalue weighted by Crippen LogP contribution is 2.42. The molecule has 3 nitrogen and oxygen atoms in total. The Bertz CT molecular complexity index is 759. The van der Waals surface area contributed by atoms with Crippen molar-refractivity contribution in [3.8, 4) is 0 Å². The van der Waals surface area contributed by atoms with Crippen molar-refractivity contribution in [2.24, 2.45) is 10.4 Å². The van der Waals surface area contributed by atoms with E-state index in [0.717, 1.165) is 42.7 Å². The van der Waals surface area contributed by atoms with Gasteiger partial charge in [-0.3, -0.25) is 15.1 Å². The molecule has 0 fully saturated rings. The fourth-order valence-corrected chi connectivity index (χ4v) is 3.65. The maximum Gasteiger partial charge on any atom is 0.168 e. The number of nitrogens with zero attached hydrogens (tertiary/aromatic N) is 1. The van der Waals surface area contributed by atoms with Gasteiger partial charge in [0.15, 0.2) is 6.29 Å². The van der Waals surface area contributed by atoms with Gasteiger partial charge in [-0.2, -0.15) is 0 Å². The lowest BCUT2D eigenvalue weighted by Gasteiger charge is -2.23. The molecule has 1 unspecified atom stereocenters. The van der Waals surface area contributed by atoms with Crippen LogP contribution in [0.4, 0.5) is 0 Å². The van der Waals surface area contributed by atoms with Crippen molar-refractivity contribution in [1.29, 1.82) is 0 Å². The van der Waals surface area contributed by atoms with E-state index < -0.39 is 5.66 Å². The SMILES string of the molecule is CCCC1(C)C=C(/C(C=O)=N/C(C)(C)NCCc2ccc(C)cc2)C=C1Cl. The minimum Gasteiger partial charge on any atom is -0.296 e. The van der Waals surface area contributed by atoms with Gasteiger partial charge in [0.1, 0.15) is 11.4 Å². The lowest BCUT2D eigenvalue weighted by molar-refractivity contribution is -0.102. The maximum atomic E-state index is 11.7. The molecule has 0 aliphatic heterocycles. The summed E-state index contributed by atoms with van der Waals surface area (Å²) in [4.78, 5) is 16.4. The number of aldehydes is 1. The van der Waals surface area contributed by atoms with Gasteiger partial charge >= 0.3 is 0 Å². The van der Waals surface area contributed by atoms with Crippen LogP contribution in [0.15, 0.2) is 52.0 Å². The van der Waals surface area contributed by atoms with E-state index in [1.165, 1.54) is 11.1 Å². The van der Waals surface area contributed by atoms with Crippen molar-refractivity contribution in [3.05, 3.63) is 58.1 Å². The van der Waals surface area contributed by atoms with Gasteiger partial charge in [0, 0.05) is 22.6 Å². The van der Waals surface area contributed by atoms with Crippen molar-refractivity contribution in [2.75, 3.05) is 6.54 Å². The number of hydrogen-bond donors (Lipinski definition) is 1. The summed E-state index contributed by atoms with van der Waals surface area (Å²) in [6.45, 7) is 11.1. The fourth-order valence-electron chi connectivity index (χ4n) is 3.38. The van der Waals surface area contributed by atoms with Crippen LogP contribution < -0.4 is 5.32 Å². The van der Waals surface area contributed by atoms with E-state index >= 15 is 0 Å². The molecule has 0 radical (unpaired) electrons. The number of halogens is 1. The van der Waals surface area contributed by atoms with Crippen LogP contribution in [0, 0.1) is 12.3 Å². The van der Waals surface area contributed by atoms with E-state index in [1.807, 2.05) is 19.9 Å². The Morgan fingerprint density at radius 1 is 1.30 bits per heavy atom. The van der Waals surface area contributed by atoms with Crippen LogP contribution in [0.2, 0.25) is 0 Å². The molecule has 0 bridgehead atoms. The standard InChI is InChI=1S/C23H31ClN2O/c1-6-12-23(5)15-19(14-21(23)24)20(16-27)26-22(3,4)25-13-11-18-9-7-17(2)8-10-18/h7-10,14-16,25H,6,11-13H2,1-5H3/b26-20+. The number of carbonyl (C=O) groups excluding carboxylic acids is 1. The summed E-state index contributed by atoms with van der Waals surface area (Å²) < 4.78 is 0. The number of hydrogen-bond acceptors (Lipinski definition) is 3. The van der Waals surface area contributed by atoms with Crippen LogP contribution in [-0.4, -0.2) is 24.2 Å². The Labute approximate surface area is 168 Å². The first-order valence-corrected chi connectivity index (χ1v) is 10.0. The van der Waals surface area contributed by atoms with Gasteiger partial charge < -0.3 is 0 Å². The number of aryl methyl sites for hydroxylation is 1. The van der Waals surface area contributed by atoms with Gasteiger partial charge in [-0.1, -0.05) is 67.8 Å². The normalized spacial score (nSPS) is 20.4. The van der Waals surface area contributed by atoms with Crippen molar-refractivity contribution >= 4 is 23.6 Å². The molecule has 0 aromatic heterocycles. The van der Waals surface area contributed by atoms with E-state index in [9.17, 15) is 4.79 Å². The Hall–Kier alpha value is -1.71. The molecular formula is C23H31ClN2O. The number of carbonyl (C=O) groups is 1. The minimum atomic E-state index is -0.536. The molecule has 27 heavy (non-hydrogen) atoms. The van der Waals surface area contributed by atoms with Gasteiger partial charge in [0.2, 0.25) is 0 Å². The second-order valence-electron chi connectivity index (χ2n) is 8.10. The first kappa shape index (κ1) is 21.6. The van der Waals surface area contributed by atoms with Crippen LogP contribution in [0.5, 0.6) is 0 Å². The van der Waals surface area contributed by atoms with E-state index in [1.54, 1.807) is 0 Å². The van der Waals surface area contributed by atoms with E-state index in [2.05, 4.69) is 61.4 Å². The predicted molar refractivity (Wildman–Crippen MR) is 115 cm³/mol. The van der Waals surface area contributed by atoms with Gasteiger partial charge in [0.05, 0.1) is 0 Å². The number of rotatable bonds is 9. The largest absolute Gasteiger partial charge is 0.296 e. The molecular weight excluding hydrogens is 356 g/mol. The summed E-state index contributed by atoms with van der Waals surface area (Å²) in [7, 11) is 0. The van der Waals surface area contributed by atoms with Crippen molar-refractivity contribution in [1.82, 2.24) is 5.32 Å². The zero-order valence-electron chi connectivity index (χ0n) is 17.1. The average Bonchev–Trinajstić information content (AvgIpc) is 2.89. The second-order valence-corrected chi connectivity index (χ2v) is 8.50. The van der Waals surface area contributed by atoms with Crippen LogP contribution in [0.25, 0.3) is 0 Å². The minimum absolute atomic E-state index is 0.196. The third-order valence-electron chi connectivity index (χ3n) is 4.97. The van der Waals surface area contributed by atoms with Crippen LogP contribution in [0.3, 0.4) is 0 Å². The number of benzene rings is 1. The summed E-state index contributed by atoms with van der Waals surface area (Å²) in [6, 6.07) is 8.54. The summed E-state index contributed by atoms with van der Waals surface area (Å²) in [5.74, 6) is 0. The highest BCUT2D eigenvalue weighted by molar-refractivity contribution is 6.39. The van der Waals surface area contributed by atoms with Crippen LogP contribution >= 0.6 is 11.6 Å². The number of aliphatic imine (C=N–C) groups is 1. The highest BCUT2D eigenvalue weighted by atomic mass is 35.5. The molecule has 1 aliphatic carbocycles. The predicted octanol–water partition coefficient (Wildman–Crippen LogP) is 5.37. The molecule has 1 aromatic carbocycles. The monoisotopic (exact) mass is 386 g/mol. The number of nitrogens with one attached hydrogen (secondary N) is 1. The maximum absolute atomic E-state index is 11.7. The third kappa shape index (κ3) is 5.88. The van der Waals surface area contributed by atoms with E-state index in [-0.39, 0.29) is 5.41 Å². The van der Waals surface area contributed by atoms with Gasteiger partial charge in [-0.15, -0.1) is 0 Å². The summed E-state index contributed by atoms with van der Waals surface area (Å²) in [5, 5.41) is 4.22. The summed E-state index contributed by atoms with van der Waals surface area (Å²) in [5.41, 5.74) is 3.08. The molecule has 1 atom stereocenters. The topological polar surface area (TPSA) is 41.5 Å². The molecule has 1 aromatic rings. The first-order chi connectivity index (χ1) is 12.7. The zero-order chi connectivity index (χ0) is 20.1. The number of allylic oxidation sites excluding steroid dienone is 4. The fraction of sp³-hybridized carbons (Fsp3) is 0.478. The molecule has 1 aliphatic rings. The van der Waals surface area contributed by atoms with Crippen molar-refractivity contribution in [2.45, 2.75) is 59.5 Å². The average molecular weight is 387 g/mol. The van der Waals surface area contributed by atoms with E-state index in [0.29, 0.717) is 5.71 Å². The Balaban J connectivity index is 2.06. The highest BCUT2D eigenvalue weighted by Gasteiger charge is 2.31.